The van der Waals surface area contributed by atoms with Gasteiger partial charge < -0.3 is 9.47 Å². The molecule has 1 aromatic heterocycles. The van der Waals surface area contributed by atoms with Gasteiger partial charge in [-0.1, -0.05) is 35.5 Å². The van der Waals surface area contributed by atoms with Crippen LogP contribution in [-0.2, 0) is 14.3 Å². The van der Waals surface area contributed by atoms with E-state index in [1.807, 2.05) is 46.5 Å². The number of anilines is 1. The van der Waals surface area contributed by atoms with E-state index in [4.69, 9.17) is 26.1 Å². The van der Waals surface area contributed by atoms with Crippen molar-refractivity contribution >= 4 is 52.1 Å². The van der Waals surface area contributed by atoms with Gasteiger partial charge in [0.15, 0.2) is 10.6 Å². The molecule has 3 heterocycles. The molecule has 0 amide bonds. The van der Waals surface area contributed by atoms with Crippen LogP contribution in [0.15, 0.2) is 57.2 Å². The van der Waals surface area contributed by atoms with E-state index in [0.29, 0.717) is 10.6 Å². The van der Waals surface area contributed by atoms with Crippen LogP contribution in [0.3, 0.4) is 0 Å². The third-order valence-electron chi connectivity index (χ3n) is 4.38. The van der Waals surface area contributed by atoms with Crippen molar-refractivity contribution in [2.75, 3.05) is 19.1 Å². The highest BCUT2D eigenvalue weighted by Crippen LogP contribution is 2.47. The molecule has 0 aliphatic carbocycles. The van der Waals surface area contributed by atoms with E-state index in [2.05, 4.69) is 5.10 Å². The van der Waals surface area contributed by atoms with Crippen molar-refractivity contribution < 1.29 is 14.3 Å². The van der Waals surface area contributed by atoms with Gasteiger partial charge in [0.2, 0.25) is 0 Å². The fourth-order valence-corrected chi connectivity index (χ4v) is 5.29. The first-order chi connectivity index (χ1) is 14.0. The zero-order valence-corrected chi connectivity index (χ0v) is 18.2. The third kappa shape index (κ3) is 3.61. The van der Waals surface area contributed by atoms with Crippen molar-refractivity contribution in [2.45, 2.75) is 12.4 Å². The summed E-state index contributed by atoms with van der Waals surface area (Å²) in [4.78, 5) is 19.7. The Morgan fingerprint density at radius 3 is 2.72 bits per heavy atom. The van der Waals surface area contributed by atoms with Gasteiger partial charge in [-0.05, 0) is 19.1 Å². The monoisotopic (exact) mass is 448 g/mol. The SMILES string of the molecule is COC=C(C(=O)OC)C1=C(C)N2N=CN(c3nc(-c4ccc(Cl)cc4)cs3)C2S1. The van der Waals surface area contributed by atoms with Crippen molar-refractivity contribution in [3.05, 3.63) is 57.1 Å². The van der Waals surface area contributed by atoms with Crippen LogP contribution in [0.5, 0.6) is 0 Å². The van der Waals surface area contributed by atoms with Gasteiger partial charge in [0.05, 0.1) is 31.9 Å². The van der Waals surface area contributed by atoms with Gasteiger partial charge in [0.25, 0.3) is 0 Å². The standard InChI is InChI=1S/C19H17ClN4O3S2/c1-11-16(14(8-26-2)17(25)27-3)29-19-23(10-21-24(11)19)18-22-15(9-28-18)12-4-6-13(20)7-5-12/h4-10,19H,1-3H3. The smallest absolute Gasteiger partial charge is 0.342 e. The highest BCUT2D eigenvalue weighted by Gasteiger charge is 2.41. The summed E-state index contributed by atoms with van der Waals surface area (Å²) in [6.07, 6.45) is 3.15. The summed E-state index contributed by atoms with van der Waals surface area (Å²) in [6, 6.07) is 7.57. The minimum absolute atomic E-state index is 0.167. The minimum atomic E-state index is -0.454. The molecule has 0 spiro atoms. The number of thiazole rings is 1. The fourth-order valence-electron chi connectivity index (χ4n) is 2.96. The van der Waals surface area contributed by atoms with Crippen LogP contribution in [0, 0.1) is 0 Å². The maximum atomic E-state index is 12.2. The largest absolute Gasteiger partial charge is 0.503 e. The zero-order valence-electron chi connectivity index (χ0n) is 15.8. The molecule has 0 fully saturated rings. The van der Waals surface area contributed by atoms with E-state index in [9.17, 15) is 4.79 Å². The van der Waals surface area contributed by atoms with Gasteiger partial charge in [-0.3, -0.25) is 4.90 Å². The lowest BCUT2D eigenvalue weighted by atomic mass is 10.2. The van der Waals surface area contributed by atoms with Crippen molar-refractivity contribution in [1.29, 1.82) is 0 Å². The number of allylic oxidation sites excluding steroid dienone is 1. The molecule has 7 nitrogen and oxygen atoms in total. The predicted octanol–water partition coefficient (Wildman–Crippen LogP) is 4.49. The predicted molar refractivity (Wildman–Crippen MR) is 117 cm³/mol. The number of thioether (sulfide) groups is 1. The first-order valence-electron chi connectivity index (χ1n) is 8.56. The van der Waals surface area contributed by atoms with Gasteiger partial charge in [-0.15, -0.1) is 11.3 Å². The number of benzene rings is 1. The van der Waals surface area contributed by atoms with E-state index >= 15 is 0 Å². The maximum Gasteiger partial charge on any atom is 0.342 e. The third-order valence-corrected chi connectivity index (χ3v) is 6.88. The molecular weight excluding hydrogens is 432 g/mol. The van der Waals surface area contributed by atoms with Crippen LogP contribution < -0.4 is 4.90 Å². The van der Waals surface area contributed by atoms with Crippen LogP contribution in [-0.4, -0.2) is 42.0 Å². The van der Waals surface area contributed by atoms with E-state index in [0.717, 1.165) is 27.0 Å². The number of hydrazone groups is 1. The number of aromatic nitrogens is 1. The van der Waals surface area contributed by atoms with Crippen LogP contribution >= 0.6 is 34.7 Å². The molecule has 1 atom stereocenters. The molecule has 0 radical (unpaired) electrons. The van der Waals surface area contributed by atoms with Gasteiger partial charge in [0.1, 0.15) is 11.9 Å². The molecule has 2 aliphatic heterocycles. The number of halogens is 1. The van der Waals surface area contributed by atoms with Gasteiger partial charge in [0, 0.05) is 20.9 Å². The second-order valence-electron chi connectivity index (χ2n) is 6.12. The second-order valence-corrected chi connectivity index (χ2v) is 8.46. The number of carbonyl (C=O) groups excluding carboxylic acids is 1. The van der Waals surface area contributed by atoms with Crippen molar-refractivity contribution in [3.8, 4) is 11.3 Å². The number of esters is 1. The number of methoxy groups -OCH3 is 2. The summed E-state index contributed by atoms with van der Waals surface area (Å²) in [5.74, 6) is -0.454. The molecular formula is C19H17ClN4O3S2. The number of rotatable bonds is 5. The number of ether oxygens (including phenoxy) is 2. The molecule has 2 aromatic rings. The lowest BCUT2D eigenvalue weighted by Gasteiger charge is -2.22. The lowest BCUT2D eigenvalue weighted by Crippen LogP contribution is -2.33. The molecule has 0 saturated heterocycles. The summed E-state index contributed by atoms with van der Waals surface area (Å²) >= 11 is 9.00. The number of hydrogen-bond acceptors (Lipinski definition) is 9. The van der Waals surface area contributed by atoms with E-state index in [-0.39, 0.29) is 5.50 Å². The summed E-state index contributed by atoms with van der Waals surface area (Å²) in [5.41, 5.74) is 2.91. The second kappa shape index (κ2) is 8.10. The number of carbonyl (C=O) groups is 1. The summed E-state index contributed by atoms with van der Waals surface area (Å²) < 4.78 is 9.98. The fraction of sp³-hybridized carbons (Fsp3) is 0.211. The molecule has 2 aliphatic rings. The Morgan fingerprint density at radius 1 is 1.28 bits per heavy atom. The zero-order chi connectivity index (χ0) is 20.5. The lowest BCUT2D eigenvalue weighted by molar-refractivity contribution is -0.135. The Bertz CT molecular complexity index is 1030. The maximum absolute atomic E-state index is 12.2. The number of hydrogen-bond donors (Lipinski definition) is 0. The molecule has 150 valence electrons. The summed E-state index contributed by atoms with van der Waals surface area (Å²) in [5, 5.41) is 9.85. The molecule has 4 rings (SSSR count). The molecule has 29 heavy (non-hydrogen) atoms. The highest BCUT2D eigenvalue weighted by molar-refractivity contribution is 8.04. The van der Waals surface area contributed by atoms with Gasteiger partial charge in [-0.25, -0.2) is 14.8 Å². The highest BCUT2D eigenvalue weighted by atomic mass is 35.5. The van der Waals surface area contributed by atoms with E-state index in [1.165, 1.54) is 43.6 Å². The molecule has 10 heteroatoms. The first-order valence-corrected chi connectivity index (χ1v) is 10.7. The van der Waals surface area contributed by atoms with E-state index in [1.54, 1.807) is 6.34 Å². The molecule has 0 N–H and O–H groups in total. The number of nitrogens with zero attached hydrogens (tertiary/aromatic N) is 4. The Labute approximate surface area is 181 Å². The summed E-state index contributed by atoms with van der Waals surface area (Å²) in [6.45, 7) is 1.91. The molecule has 1 aromatic carbocycles. The summed E-state index contributed by atoms with van der Waals surface area (Å²) in [7, 11) is 2.85. The van der Waals surface area contributed by atoms with Crippen LogP contribution in [0.25, 0.3) is 11.3 Å². The van der Waals surface area contributed by atoms with E-state index < -0.39 is 5.97 Å². The van der Waals surface area contributed by atoms with Crippen LogP contribution in [0.2, 0.25) is 5.02 Å². The Kier molecular flexibility index (Phi) is 5.53. The van der Waals surface area contributed by atoms with Gasteiger partial charge in [-0.2, -0.15) is 5.10 Å². The molecule has 0 bridgehead atoms. The minimum Gasteiger partial charge on any atom is -0.503 e. The Morgan fingerprint density at radius 2 is 2.03 bits per heavy atom. The van der Waals surface area contributed by atoms with Crippen LogP contribution in [0.1, 0.15) is 6.92 Å². The quantitative estimate of drug-likeness (QED) is 0.379. The average molecular weight is 449 g/mol. The van der Waals surface area contributed by atoms with Crippen molar-refractivity contribution in [3.63, 3.8) is 0 Å². The normalized spacial score (nSPS) is 18.5. The van der Waals surface area contributed by atoms with Crippen molar-refractivity contribution in [1.82, 2.24) is 9.99 Å². The number of fused-ring (bicyclic) bond motifs is 1. The Hall–Kier alpha value is -2.49. The van der Waals surface area contributed by atoms with Crippen LogP contribution in [0.4, 0.5) is 5.13 Å². The molecule has 0 saturated carbocycles. The molecule has 1 unspecified atom stereocenters. The van der Waals surface area contributed by atoms with Gasteiger partial charge >= 0.3 is 5.97 Å². The first kappa shape index (κ1) is 19.8. The topological polar surface area (TPSA) is 67.3 Å². The Balaban J connectivity index is 1.58. The average Bonchev–Trinajstić information content (AvgIpc) is 3.43. The van der Waals surface area contributed by atoms with Crippen molar-refractivity contribution in [2.24, 2.45) is 5.10 Å².